The molecule has 6 nitrogen and oxygen atoms in total. The number of hydrogen-bond acceptors (Lipinski definition) is 4. The Hall–Kier alpha value is -1.90. The van der Waals surface area contributed by atoms with Gasteiger partial charge in [0.2, 0.25) is 10.0 Å². The lowest BCUT2D eigenvalue weighted by Crippen LogP contribution is -2.27. The molecule has 2 aromatic rings. The van der Waals surface area contributed by atoms with Crippen LogP contribution in [0.5, 0.6) is 5.75 Å². The second kappa shape index (κ2) is 8.66. The number of amides is 1. The fourth-order valence-corrected chi connectivity index (χ4v) is 3.92. The highest BCUT2D eigenvalue weighted by molar-refractivity contribution is 9.10. The van der Waals surface area contributed by atoms with Gasteiger partial charge in [0.25, 0.3) is 5.91 Å². The van der Waals surface area contributed by atoms with E-state index in [0.29, 0.717) is 24.4 Å². The van der Waals surface area contributed by atoms with Crippen LogP contribution in [-0.4, -0.2) is 39.9 Å². The number of nitrogens with zero attached hydrogens (tertiary/aromatic N) is 1. The Kier molecular flexibility index (Phi) is 6.80. The number of halogens is 1. The van der Waals surface area contributed by atoms with Gasteiger partial charge >= 0.3 is 0 Å². The quantitative estimate of drug-likeness (QED) is 0.717. The molecule has 0 spiro atoms. The van der Waals surface area contributed by atoms with Crippen molar-refractivity contribution in [2.45, 2.75) is 18.4 Å². The van der Waals surface area contributed by atoms with E-state index in [2.05, 4.69) is 20.7 Å². The van der Waals surface area contributed by atoms with Crippen molar-refractivity contribution in [3.63, 3.8) is 0 Å². The Labute approximate surface area is 162 Å². The highest BCUT2D eigenvalue weighted by Gasteiger charge is 2.17. The van der Waals surface area contributed by atoms with Crippen LogP contribution >= 0.6 is 15.9 Å². The van der Waals surface area contributed by atoms with Gasteiger partial charge in [0, 0.05) is 35.7 Å². The Bertz CT molecular complexity index is 883. The van der Waals surface area contributed by atoms with Gasteiger partial charge in [-0.25, -0.2) is 13.1 Å². The first kappa shape index (κ1) is 20.4. The first-order chi connectivity index (χ1) is 12.3. The van der Waals surface area contributed by atoms with Crippen molar-refractivity contribution in [2.75, 3.05) is 20.7 Å². The van der Waals surface area contributed by atoms with Crippen LogP contribution in [0.2, 0.25) is 0 Å². The summed E-state index contributed by atoms with van der Waals surface area (Å²) in [5, 5.41) is 0. The second-order valence-electron chi connectivity index (χ2n) is 5.64. The maximum Gasteiger partial charge on any atom is 0.253 e. The average Bonchev–Trinajstić information content (AvgIpc) is 2.61. The number of ether oxygens (including phenoxy) is 1. The predicted octanol–water partition coefficient (Wildman–Crippen LogP) is 3.03. The van der Waals surface area contributed by atoms with E-state index in [1.54, 1.807) is 26.0 Å². The summed E-state index contributed by atoms with van der Waals surface area (Å²) in [5.74, 6) is 0.486. The number of hydrogen-bond donors (Lipinski definition) is 1. The van der Waals surface area contributed by atoms with Crippen molar-refractivity contribution in [1.29, 1.82) is 0 Å². The number of sulfonamides is 1. The number of methoxy groups -OCH3 is 1. The molecule has 0 atom stereocenters. The fraction of sp³-hybridized carbons (Fsp3) is 0.278. The van der Waals surface area contributed by atoms with Gasteiger partial charge in [-0.2, -0.15) is 0 Å². The predicted molar refractivity (Wildman–Crippen MR) is 104 cm³/mol. The van der Waals surface area contributed by atoms with Crippen molar-refractivity contribution in [1.82, 2.24) is 9.62 Å². The Balaban J connectivity index is 2.17. The number of nitrogens with one attached hydrogen (secondary N) is 1. The molecule has 0 radical (unpaired) electrons. The van der Waals surface area contributed by atoms with Crippen molar-refractivity contribution < 1.29 is 17.9 Å². The van der Waals surface area contributed by atoms with Gasteiger partial charge in [0.1, 0.15) is 5.75 Å². The Morgan fingerprint density at radius 1 is 1.19 bits per heavy atom. The standard InChI is InChI=1S/C18H21BrN2O4S/c1-4-20-26(23,24)16-8-5-13(6-9-16)18(22)21(2)12-14-11-15(19)7-10-17(14)25-3/h5-11,20H,4,12H2,1-3H3. The summed E-state index contributed by atoms with van der Waals surface area (Å²) in [6.45, 7) is 2.37. The third-order valence-corrected chi connectivity index (χ3v) is 5.80. The lowest BCUT2D eigenvalue weighted by atomic mass is 10.1. The first-order valence-electron chi connectivity index (χ1n) is 7.96. The summed E-state index contributed by atoms with van der Waals surface area (Å²) in [7, 11) is -0.264. The van der Waals surface area contributed by atoms with Gasteiger partial charge < -0.3 is 9.64 Å². The first-order valence-corrected chi connectivity index (χ1v) is 10.2. The third kappa shape index (κ3) is 4.84. The molecule has 8 heteroatoms. The van der Waals surface area contributed by atoms with Gasteiger partial charge in [-0.3, -0.25) is 4.79 Å². The smallest absolute Gasteiger partial charge is 0.253 e. The monoisotopic (exact) mass is 440 g/mol. The molecule has 0 aliphatic carbocycles. The SMILES string of the molecule is CCNS(=O)(=O)c1ccc(C(=O)N(C)Cc2cc(Br)ccc2OC)cc1. The molecule has 1 N–H and O–H groups in total. The minimum atomic E-state index is -3.53. The molecule has 0 aliphatic heterocycles. The lowest BCUT2D eigenvalue weighted by Gasteiger charge is -2.19. The molecule has 0 saturated carbocycles. The van der Waals surface area contributed by atoms with Gasteiger partial charge in [-0.1, -0.05) is 22.9 Å². The summed E-state index contributed by atoms with van der Waals surface area (Å²) in [5.41, 5.74) is 1.28. The number of carbonyl (C=O) groups is 1. The molecule has 0 fully saturated rings. The van der Waals surface area contributed by atoms with E-state index in [1.165, 1.54) is 24.3 Å². The Morgan fingerprint density at radius 2 is 1.85 bits per heavy atom. The zero-order valence-corrected chi connectivity index (χ0v) is 17.2. The highest BCUT2D eigenvalue weighted by atomic mass is 79.9. The third-order valence-electron chi connectivity index (χ3n) is 3.74. The van der Waals surface area contributed by atoms with Crippen LogP contribution < -0.4 is 9.46 Å². The van der Waals surface area contributed by atoms with Crippen LogP contribution in [0.1, 0.15) is 22.8 Å². The fourth-order valence-electron chi connectivity index (χ4n) is 2.47. The molecule has 2 aromatic carbocycles. The highest BCUT2D eigenvalue weighted by Crippen LogP contribution is 2.24. The molecule has 0 aliphatic rings. The van der Waals surface area contributed by atoms with Crippen LogP contribution in [0.15, 0.2) is 51.8 Å². The van der Waals surface area contributed by atoms with E-state index >= 15 is 0 Å². The van der Waals surface area contributed by atoms with Crippen molar-refractivity contribution >= 4 is 31.9 Å². The zero-order chi connectivity index (χ0) is 19.3. The van der Waals surface area contributed by atoms with E-state index in [0.717, 1.165) is 10.0 Å². The average molecular weight is 441 g/mol. The van der Waals surface area contributed by atoms with E-state index in [4.69, 9.17) is 4.74 Å². The number of benzene rings is 2. The van der Waals surface area contributed by atoms with Crippen LogP contribution in [-0.2, 0) is 16.6 Å². The molecule has 0 saturated heterocycles. The number of rotatable bonds is 7. The topological polar surface area (TPSA) is 75.7 Å². The zero-order valence-electron chi connectivity index (χ0n) is 14.8. The molecule has 0 bridgehead atoms. The number of carbonyl (C=O) groups excluding carboxylic acids is 1. The van der Waals surface area contributed by atoms with Crippen molar-refractivity contribution in [3.8, 4) is 5.75 Å². The van der Waals surface area contributed by atoms with E-state index < -0.39 is 10.0 Å². The van der Waals surface area contributed by atoms with E-state index in [1.807, 2.05) is 18.2 Å². The maximum absolute atomic E-state index is 12.6. The summed E-state index contributed by atoms with van der Waals surface area (Å²) in [6.07, 6.45) is 0. The minimum Gasteiger partial charge on any atom is -0.496 e. The molecule has 0 unspecified atom stereocenters. The van der Waals surface area contributed by atoms with Crippen LogP contribution in [0, 0.1) is 0 Å². The second-order valence-corrected chi connectivity index (χ2v) is 8.33. The van der Waals surface area contributed by atoms with Crippen LogP contribution in [0.4, 0.5) is 0 Å². The summed E-state index contributed by atoms with van der Waals surface area (Å²) in [6, 6.07) is 11.5. The molecular formula is C18H21BrN2O4S. The van der Waals surface area contributed by atoms with Crippen LogP contribution in [0.3, 0.4) is 0 Å². The minimum absolute atomic E-state index is 0.132. The summed E-state index contributed by atoms with van der Waals surface area (Å²) >= 11 is 3.41. The molecule has 0 aromatic heterocycles. The summed E-state index contributed by atoms with van der Waals surface area (Å²) < 4.78 is 32.6. The van der Waals surface area contributed by atoms with Gasteiger partial charge in [0.05, 0.1) is 12.0 Å². The largest absolute Gasteiger partial charge is 0.496 e. The van der Waals surface area contributed by atoms with Crippen molar-refractivity contribution in [2.24, 2.45) is 0 Å². The van der Waals surface area contributed by atoms with Crippen LogP contribution in [0.25, 0.3) is 0 Å². The van der Waals surface area contributed by atoms with E-state index in [9.17, 15) is 13.2 Å². The molecule has 2 rings (SSSR count). The lowest BCUT2D eigenvalue weighted by molar-refractivity contribution is 0.0784. The summed E-state index contributed by atoms with van der Waals surface area (Å²) in [4.78, 5) is 14.3. The van der Waals surface area contributed by atoms with Gasteiger partial charge in [-0.15, -0.1) is 0 Å². The van der Waals surface area contributed by atoms with E-state index in [-0.39, 0.29) is 10.8 Å². The Morgan fingerprint density at radius 3 is 2.42 bits per heavy atom. The van der Waals surface area contributed by atoms with Gasteiger partial charge in [-0.05, 0) is 42.5 Å². The maximum atomic E-state index is 12.6. The van der Waals surface area contributed by atoms with Gasteiger partial charge in [0.15, 0.2) is 0 Å². The van der Waals surface area contributed by atoms with Crippen molar-refractivity contribution in [3.05, 3.63) is 58.1 Å². The molecule has 1 amide bonds. The normalized spacial score (nSPS) is 11.2. The molecular weight excluding hydrogens is 420 g/mol. The molecule has 26 heavy (non-hydrogen) atoms. The molecule has 140 valence electrons. The molecule has 0 heterocycles.